The number of alkyl carbamates (subject to hydrolysis) is 1. The molecule has 2 atom stereocenters. The monoisotopic (exact) mass is 441 g/mol. The van der Waals surface area contributed by atoms with Crippen molar-refractivity contribution in [3.8, 4) is 0 Å². The van der Waals surface area contributed by atoms with Crippen molar-refractivity contribution in [3.63, 3.8) is 0 Å². The van der Waals surface area contributed by atoms with Gasteiger partial charge in [0.1, 0.15) is 11.6 Å². The number of amides is 2. The summed E-state index contributed by atoms with van der Waals surface area (Å²) in [6.07, 6.45) is 5.01. The molecule has 0 radical (unpaired) electrons. The Morgan fingerprint density at radius 2 is 1.90 bits per heavy atom. The number of nitrogens with zero attached hydrogens (tertiary/aromatic N) is 2. The molecule has 0 saturated carbocycles. The predicted molar refractivity (Wildman–Crippen MR) is 122 cm³/mol. The van der Waals surface area contributed by atoms with Crippen LogP contribution in [-0.2, 0) is 14.3 Å². The molecule has 0 spiro atoms. The summed E-state index contributed by atoms with van der Waals surface area (Å²) in [7, 11) is 1.71. The smallest absolute Gasteiger partial charge is 0.408 e. The van der Waals surface area contributed by atoms with Gasteiger partial charge in [-0.1, -0.05) is 13.3 Å². The van der Waals surface area contributed by atoms with Crippen molar-refractivity contribution in [2.75, 3.05) is 12.0 Å². The highest BCUT2D eigenvalue weighted by molar-refractivity contribution is 7.13. The van der Waals surface area contributed by atoms with Crippen LogP contribution in [0.5, 0.6) is 0 Å². The summed E-state index contributed by atoms with van der Waals surface area (Å²) in [5, 5.41) is 5.26. The number of aromatic nitrogens is 1. The summed E-state index contributed by atoms with van der Waals surface area (Å²) >= 11 is 1.42. The molecule has 172 valence electrons. The summed E-state index contributed by atoms with van der Waals surface area (Å²) in [6, 6.07) is -0.720. The summed E-state index contributed by atoms with van der Waals surface area (Å²) in [5.41, 5.74) is -0.820. The van der Waals surface area contributed by atoms with Gasteiger partial charge in [0, 0.05) is 24.7 Å². The quantitative estimate of drug-likeness (QED) is 0.513. The van der Waals surface area contributed by atoms with E-state index >= 15 is 0 Å². The van der Waals surface area contributed by atoms with Crippen LogP contribution in [0, 0.1) is 0 Å². The van der Waals surface area contributed by atoms with E-state index in [2.05, 4.69) is 24.1 Å². The van der Waals surface area contributed by atoms with Crippen molar-refractivity contribution >= 4 is 28.5 Å². The highest BCUT2D eigenvalue weighted by atomic mass is 32.1. The molecular weight excluding hydrogens is 402 g/mol. The van der Waals surface area contributed by atoms with Crippen LogP contribution in [0.3, 0.4) is 0 Å². The van der Waals surface area contributed by atoms with Crippen LogP contribution in [-0.4, -0.2) is 47.4 Å². The van der Waals surface area contributed by atoms with E-state index in [0.717, 1.165) is 25.7 Å². The zero-order chi connectivity index (χ0) is 22.9. The summed E-state index contributed by atoms with van der Waals surface area (Å²) in [5.74, 6) is -0.156. The molecule has 1 heterocycles. The largest absolute Gasteiger partial charge is 0.444 e. The fourth-order valence-electron chi connectivity index (χ4n) is 3.05. The molecule has 7 nitrogen and oxygen atoms in total. The Morgan fingerprint density at radius 3 is 2.40 bits per heavy atom. The molecule has 2 amide bonds. The maximum atomic E-state index is 13.5. The Labute approximate surface area is 185 Å². The Bertz CT molecular complexity index is 656. The van der Waals surface area contributed by atoms with Crippen LogP contribution in [0.1, 0.15) is 80.6 Å². The number of ether oxygens (including phenoxy) is 2. The van der Waals surface area contributed by atoms with Gasteiger partial charge in [0.05, 0.1) is 5.60 Å². The second-order valence-electron chi connectivity index (χ2n) is 9.22. The molecule has 1 N–H and O–H groups in total. The Morgan fingerprint density at radius 1 is 1.23 bits per heavy atom. The number of carbonyl (C=O) groups excluding carboxylic acids is 2. The number of nitrogens with one attached hydrogen (secondary N) is 1. The Hall–Kier alpha value is -1.67. The lowest BCUT2D eigenvalue weighted by Crippen LogP contribution is -2.52. The molecule has 1 rings (SSSR count). The first-order chi connectivity index (χ1) is 13.9. The lowest BCUT2D eigenvalue weighted by molar-refractivity contribution is -0.121. The topological polar surface area (TPSA) is 80.8 Å². The van der Waals surface area contributed by atoms with E-state index in [1.807, 2.05) is 19.2 Å². The molecule has 30 heavy (non-hydrogen) atoms. The number of thiazole rings is 1. The Kier molecular flexibility index (Phi) is 10.2. The van der Waals surface area contributed by atoms with Crippen LogP contribution >= 0.6 is 11.3 Å². The number of hydrogen-bond acceptors (Lipinski definition) is 6. The molecule has 0 bridgehead atoms. The fraction of sp³-hybridized carbons (Fsp3) is 0.773. The van der Waals surface area contributed by atoms with Crippen LogP contribution in [0.4, 0.5) is 9.93 Å². The Balaban J connectivity index is 2.96. The summed E-state index contributed by atoms with van der Waals surface area (Å²) in [6.45, 7) is 13.5. The minimum absolute atomic E-state index is 0.0592. The van der Waals surface area contributed by atoms with E-state index in [-0.39, 0.29) is 17.6 Å². The average molecular weight is 442 g/mol. The molecule has 0 aromatic carbocycles. The number of carbonyl (C=O) groups is 2. The minimum Gasteiger partial charge on any atom is -0.444 e. The van der Waals surface area contributed by atoms with Crippen molar-refractivity contribution in [2.24, 2.45) is 0 Å². The number of methoxy groups -OCH3 is 1. The third-order valence-corrected chi connectivity index (χ3v) is 5.59. The van der Waals surface area contributed by atoms with Gasteiger partial charge in [-0.3, -0.25) is 9.69 Å². The van der Waals surface area contributed by atoms with Crippen molar-refractivity contribution in [3.05, 3.63) is 11.6 Å². The van der Waals surface area contributed by atoms with E-state index in [4.69, 9.17) is 9.47 Å². The van der Waals surface area contributed by atoms with Crippen LogP contribution in [0.2, 0.25) is 0 Å². The van der Waals surface area contributed by atoms with E-state index in [0.29, 0.717) is 11.6 Å². The molecular formula is C22H39N3O4S. The van der Waals surface area contributed by atoms with Gasteiger partial charge in [-0.25, -0.2) is 9.78 Å². The van der Waals surface area contributed by atoms with Gasteiger partial charge < -0.3 is 14.8 Å². The molecule has 8 heteroatoms. The second kappa shape index (κ2) is 11.6. The maximum absolute atomic E-state index is 13.5. The van der Waals surface area contributed by atoms with Gasteiger partial charge in [0.25, 0.3) is 5.91 Å². The van der Waals surface area contributed by atoms with Crippen LogP contribution in [0.15, 0.2) is 11.6 Å². The minimum atomic E-state index is -0.661. The highest BCUT2D eigenvalue weighted by Crippen LogP contribution is 2.26. The standard InChI is InChI=1S/C22H39N3O4S/c1-9-11-17(24-20(27)29-21(3,4)5)18(26)25(19-23-14-15-30-19)16(2)12-10-13-22(6,7)28-8/h14-17H,9-13H2,1-8H3,(H,24,27). The van der Waals surface area contributed by atoms with E-state index in [1.54, 1.807) is 39.0 Å². The summed E-state index contributed by atoms with van der Waals surface area (Å²) < 4.78 is 10.9. The zero-order valence-corrected chi connectivity index (χ0v) is 20.6. The lowest BCUT2D eigenvalue weighted by Gasteiger charge is -2.32. The van der Waals surface area contributed by atoms with Gasteiger partial charge in [-0.15, -0.1) is 11.3 Å². The predicted octanol–water partition coefficient (Wildman–Crippen LogP) is 5.15. The van der Waals surface area contributed by atoms with Gasteiger partial charge in [0.15, 0.2) is 5.13 Å². The average Bonchev–Trinajstić information content (AvgIpc) is 3.13. The van der Waals surface area contributed by atoms with Gasteiger partial charge in [0.2, 0.25) is 0 Å². The SMILES string of the molecule is CCCC(NC(=O)OC(C)(C)C)C(=O)N(c1nccs1)C(C)CCCC(C)(C)OC. The zero-order valence-electron chi connectivity index (χ0n) is 19.8. The molecule has 0 aliphatic rings. The first-order valence-corrected chi connectivity index (χ1v) is 11.6. The molecule has 1 aromatic heterocycles. The number of hydrogen-bond donors (Lipinski definition) is 1. The van der Waals surface area contributed by atoms with Gasteiger partial charge in [-0.2, -0.15) is 0 Å². The van der Waals surface area contributed by atoms with Crippen molar-refractivity contribution in [2.45, 2.75) is 104 Å². The molecule has 1 aromatic rings. The van der Waals surface area contributed by atoms with E-state index < -0.39 is 17.7 Å². The number of anilines is 1. The third kappa shape index (κ3) is 9.00. The second-order valence-corrected chi connectivity index (χ2v) is 10.1. The van der Waals surface area contributed by atoms with Crippen molar-refractivity contribution < 1.29 is 19.1 Å². The molecule has 0 aliphatic heterocycles. The highest BCUT2D eigenvalue weighted by Gasteiger charge is 2.32. The molecule has 2 unspecified atom stereocenters. The van der Waals surface area contributed by atoms with E-state index in [1.165, 1.54) is 11.3 Å². The normalized spacial score (nSPS) is 14.1. The first kappa shape index (κ1) is 26.4. The maximum Gasteiger partial charge on any atom is 0.408 e. The fourth-order valence-corrected chi connectivity index (χ4v) is 3.80. The van der Waals surface area contributed by atoms with Crippen molar-refractivity contribution in [1.82, 2.24) is 10.3 Å². The van der Waals surface area contributed by atoms with Crippen LogP contribution < -0.4 is 10.2 Å². The first-order valence-electron chi connectivity index (χ1n) is 10.7. The summed E-state index contributed by atoms with van der Waals surface area (Å²) in [4.78, 5) is 31.9. The molecule has 0 saturated heterocycles. The van der Waals surface area contributed by atoms with Gasteiger partial charge in [-0.05, 0) is 67.2 Å². The number of rotatable bonds is 11. The lowest BCUT2D eigenvalue weighted by atomic mass is 9.98. The van der Waals surface area contributed by atoms with Gasteiger partial charge >= 0.3 is 6.09 Å². The molecule has 0 aliphatic carbocycles. The van der Waals surface area contributed by atoms with E-state index in [9.17, 15) is 9.59 Å². The van der Waals surface area contributed by atoms with Crippen molar-refractivity contribution in [1.29, 1.82) is 0 Å². The third-order valence-electron chi connectivity index (χ3n) is 4.82. The van der Waals surface area contributed by atoms with Crippen LogP contribution in [0.25, 0.3) is 0 Å². The molecule has 0 fully saturated rings.